The van der Waals surface area contributed by atoms with Gasteiger partial charge >= 0.3 is 0 Å². The fourth-order valence-electron chi connectivity index (χ4n) is 1.22. The lowest BCUT2D eigenvalue weighted by Crippen LogP contribution is -2.14. The van der Waals surface area contributed by atoms with Crippen LogP contribution in [0.3, 0.4) is 0 Å². The molecule has 0 amide bonds. The SMILES string of the molecule is COc1cc(C)c(C(=O)CN)cc1Br. The number of hydrogen-bond donors (Lipinski definition) is 1. The van der Waals surface area contributed by atoms with E-state index < -0.39 is 0 Å². The predicted octanol–water partition coefficient (Wildman–Crippen LogP) is 1.91. The van der Waals surface area contributed by atoms with Gasteiger partial charge in [-0.3, -0.25) is 4.79 Å². The van der Waals surface area contributed by atoms with Crippen molar-refractivity contribution < 1.29 is 9.53 Å². The zero-order valence-electron chi connectivity index (χ0n) is 8.13. The van der Waals surface area contributed by atoms with Crippen molar-refractivity contribution in [3.8, 4) is 5.75 Å². The third kappa shape index (κ3) is 2.13. The Labute approximate surface area is 91.4 Å². The zero-order valence-corrected chi connectivity index (χ0v) is 9.72. The number of benzene rings is 1. The minimum atomic E-state index is -0.0640. The standard InChI is InChI=1S/C10H12BrNO2/c1-6-3-10(14-2)8(11)4-7(6)9(13)5-12/h3-4H,5,12H2,1-2H3. The maximum Gasteiger partial charge on any atom is 0.176 e. The van der Waals surface area contributed by atoms with Crippen LogP contribution in [0.15, 0.2) is 16.6 Å². The summed E-state index contributed by atoms with van der Waals surface area (Å²) in [6, 6.07) is 3.55. The van der Waals surface area contributed by atoms with E-state index in [0.717, 1.165) is 15.8 Å². The summed E-state index contributed by atoms with van der Waals surface area (Å²) < 4.78 is 5.87. The maximum absolute atomic E-state index is 11.4. The van der Waals surface area contributed by atoms with Gasteiger partial charge in [0.05, 0.1) is 18.1 Å². The van der Waals surface area contributed by atoms with Gasteiger partial charge < -0.3 is 10.5 Å². The van der Waals surface area contributed by atoms with Gasteiger partial charge in [-0.25, -0.2) is 0 Å². The summed E-state index contributed by atoms with van der Waals surface area (Å²) in [6.07, 6.45) is 0. The number of carbonyl (C=O) groups excluding carboxylic acids is 1. The molecule has 4 heteroatoms. The number of ether oxygens (including phenoxy) is 1. The molecule has 1 aromatic carbocycles. The molecule has 76 valence electrons. The molecule has 0 aromatic heterocycles. The molecule has 0 aliphatic carbocycles. The number of halogens is 1. The van der Waals surface area contributed by atoms with Gasteiger partial charge in [0.2, 0.25) is 0 Å². The van der Waals surface area contributed by atoms with E-state index in [1.54, 1.807) is 13.2 Å². The van der Waals surface area contributed by atoms with Gasteiger partial charge in [0.25, 0.3) is 0 Å². The summed E-state index contributed by atoms with van der Waals surface area (Å²) >= 11 is 3.32. The molecule has 2 N–H and O–H groups in total. The molecule has 14 heavy (non-hydrogen) atoms. The highest BCUT2D eigenvalue weighted by Gasteiger charge is 2.10. The quantitative estimate of drug-likeness (QED) is 0.842. The monoisotopic (exact) mass is 257 g/mol. The van der Waals surface area contributed by atoms with Gasteiger partial charge in [0.15, 0.2) is 5.78 Å². The lowest BCUT2D eigenvalue weighted by Gasteiger charge is -2.08. The number of methoxy groups -OCH3 is 1. The first-order valence-electron chi connectivity index (χ1n) is 4.17. The molecule has 0 unspecified atom stereocenters. The van der Waals surface area contributed by atoms with Crippen LogP contribution in [0.1, 0.15) is 15.9 Å². The third-order valence-corrected chi connectivity index (χ3v) is 2.60. The largest absolute Gasteiger partial charge is 0.496 e. The molecule has 1 rings (SSSR count). The first-order chi connectivity index (χ1) is 6.60. The second-order valence-corrected chi connectivity index (χ2v) is 3.78. The average Bonchev–Trinajstić information content (AvgIpc) is 2.19. The topological polar surface area (TPSA) is 52.3 Å². The summed E-state index contributed by atoms with van der Waals surface area (Å²) in [6.45, 7) is 1.89. The molecule has 0 aliphatic heterocycles. The lowest BCUT2D eigenvalue weighted by molar-refractivity contribution is 0.100. The summed E-state index contributed by atoms with van der Waals surface area (Å²) in [5, 5.41) is 0. The van der Waals surface area contributed by atoms with Gasteiger partial charge in [-0.2, -0.15) is 0 Å². The predicted molar refractivity (Wildman–Crippen MR) is 58.8 cm³/mol. The number of aryl methyl sites for hydroxylation is 1. The third-order valence-electron chi connectivity index (χ3n) is 1.98. The molecule has 0 bridgehead atoms. The van der Waals surface area contributed by atoms with Crippen molar-refractivity contribution in [2.45, 2.75) is 6.92 Å². The molecule has 0 saturated carbocycles. The van der Waals surface area contributed by atoms with E-state index in [2.05, 4.69) is 15.9 Å². The van der Waals surface area contributed by atoms with Gasteiger partial charge in [0.1, 0.15) is 5.75 Å². The minimum absolute atomic E-state index is 0.0274. The fourth-order valence-corrected chi connectivity index (χ4v) is 1.73. The van der Waals surface area contributed by atoms with Gasteiger partial charge in [-0.1, -0.05) is 0 Å². The van der Waals surface area contributed by atoms with Crippen LogP contribution in [0.4, 0.5) is 0 Å². The highest BCUT2D eigenvalue weighted by atomic mass is 79.9. The second-order valence-electron chi connectivity index (χ2n) is 2.93. The minimum Gasteiger partial charge on any atom is -0.496 e. The van der Waals surface area contributed by atoms with Crippen LogP contribution in [0.5, 0.6) is 5.75 Å². The molecule has 1 aromatic rings. The summed E-state index contributed by atoms with van der Waals surface area (Å²) in [5.74, 6) is 0.655. The van der Waals surface area contributed by atoms with Crippen LogP contribution in [0.25, 0.3) is 0 Å². The molecule has 3 nitrogen and oxygen atoms in total. The van der Waals surface area contributed by atoms with Crippen molar-refractivity contribution in [3.63, 3.8) is 0 Å². The Morgan fingerprint density at radius 3 is 2.71 bits per heavy atom. The van der Waals surface area contributed by atoms with Crippen molar-refractivity contribution in [3.05, 3.63) is 27.7 Å². The van der Waals surface area contributed by atoms with E-state index in [4.69, 9.17) is 10.5 Å². The van der Waals surface area contributed by atoms with Gasteiger partial charge in [-0.05, 0) is 40.5 Å². The number of carbonyl (C=O) groups is 1. The Morgan fingerprint density at radius 1 is 1.57 bits per heavy atom. The Hall–Kier alpha value is -0.870. The Bertz CT molecular complexity index is 363. The molecule has 0 saturated heterocycles. The van der Waals surface area contributed by atoms with Crippen LogP contribution in [0, 0.1) is 6.92 Å². The van der Waals surface area contributed by atoms with Crippen LogP contribution >= 0.6 is 15.9 Å². The molecule has 0 radical (unpaired) electrons. The van der Waals surface area contributed by atoms with E-state index >= 15 is 0 Å². The van der Waals surface area contributed by atoms with Crippen molar-refractivity contribution in [1.29, 1.82) is 0 Å². The first kappa shape index (κ1) is 11.2. The number of nitrogens with two attached hydrogens (primary N) is 1. The molecule has 0 spiro atoms. The number of Topliss-reactive ketones (excluding diaryl/α,β-unsaturated/α-hetero) is 1. The van der Waals surface area contributed by atoms with Crippen LogP contribution in [0.2, 0.25) is 0 Å². The van der Waals surface area contributed by atoms with Crippen molar-refractivity contribution in [2.24, 2.45) is 5.73 Å². The van der Waals surface area contributed by atoms with E-state index in [0.29, 0.717) is 5.56 Å². The van der Waals surface area contributed by atoms with E-state index in [1.807, 2.05) is 13.0 Å². The summed E-state index contributed by atoms with van der Waals surface area (Å²) in [4.78, 5) is 11.4. The highest BCUT2D eigenvalue weighted by molar-refractivity contribution is 9.10. The number of ketones is 1. The maximum atomic E-state index is 11.4. The number of hydrogen-bond acceptors (Lipinski definition) is 3. The second kappa shape index (κ2) is 4.57. The summed E-state index contributed by atoms with van der Waals surface area (Å²) in [5.41, 5.74) is 6.81. The fraction of sp³-hybridized carbons (Fsp3) is 0.300. The number of rotatable bonds is 3. The molecule has 0 atom stereocenters. The molecular weight excluding hydrogens is 246 g/mol. The van der Waals surface area contributed by atoms with Crippen LogP contribution in [-0.2, 0) is 0 Å². The Kier molecular flexibility index (Phi) is 3.66. The van der Waals surface area contributed by atoms with Crippen LogP contribution < -0.4 is 10.5 Å². The van der Waals surface area contributed by atoms with Crippen LogP contribution in [-0.4, -0.2) is 19.4 Å². The first-order valence-corrected chi connectivity index (χ1v) is 4.96. The van der Waals surface area contributed by atoms with E-state index in [-0.39, 0.29) is 12.3 Å². The van der Waals surface area contributed by atoms with E-state index in [9.17, 15) is 4.79 Å². The highest BCUT2D eigenvalue weighted by Crippen LogP contribution is 2.28. The molecule has 0 fully saturated rings. The molecule has 0 aliphatic rings. The average molecular weight is 258 g/mol. The van der Waals surface area contributed by atoms with Gasteiger partial charge in [-0.15, -0.1) is 0 Å². The van der Waals surface area contributed by atoms with Crippen molar-refractivity contribution >= 4 is 21.7 Å². The summed E-state index contributed by atoms with van der Waals surface area (Å²) in [7, 11) is 1.59. The lowest BCUT2D eigenvalue weighted by atomic mass is 10.0. The van der Waals surface area contributed by atoms with Gasteiger partial charge in [0, 0.05) is 5.56 Å². The smallest absolute Gasteiger partial charge is 0.176 e. The normalized spacial score (nSPS) is 10.0. The van der Waals surface area contributed by atoms with E-state index in [1.165, 1.54) is 0 Å². The van der Waals surface area contributed by atoms with Crippen molar-refractivity contribution in [2.75, 3.05) is 13.7 Å². The zero-order chi connectivity index (χ0) is 10.7. The Morgan fingerprint density at radius 2 is 2.21 bits per heavy atom. The van der Waals surface area contributed by atoms with Crippen molar-refractivity contribution in [1.82, 2.24) is 0 Å². The molecular formula is C10H12BrNO2. The molecule has 0 heterocycles. The Balaban J connectivity index is 3.21.